The van der Waals surface area contributed by atoms with Gasteiger partial charge in [-0.1, -0.05) is 0 Å². The highest BCUT2D eigenvalue weighted by Crippen LogP contribution is 1.94. The summed E-state index contributed by atoms with van der Waals surface area (Å²) in [5, 5.41) is 0. The van der Waals surface area contributed by atoms with E-state index in [4.69, 9.17) is 5.73 Å². The molecule has 0 saturated carbocycles. The lowest BCUT2D eigenvalue weighted by atomic mass is 10.4. The molecule has 0 atom stereocenters. The Labute approximate surface area is 74.7 Å². The number of aromatic nitrogens is 2. The van der Waals surface area contributed by atoms with Crippen LogP contribution in [0.3, 0.4) is 0 Å². The van der Waals surface area contributed by atoms with Gasteiger partial charge in [0.2, 0.25) is 0 Å². The minimum atomic E-state index is -0.385. The summed E-state index contributed by atoms with van der Waals surface area (Å²) in [5.74, 6) is -0.246. The van der Waals surface area contributed by atoms with Crippen LogP contribution in [0.1, 0.15) is 10.5 Å². The molecule has 1 heterocycles. The molecule has 0 spiro atoms. The highest BCUT2D eigenvalue weighted by Gasteiger charge is 2.11. The standard InChI is InChI=1S/C7H12N4O2/c1-11(3-2-8)6(12)5-4-9-7(13)10-5/h4H,2-3,8H2,1H3,(H2,9,10,13). The van der Waals surface area contributed by atoms with E-state index in [1.54, 1.807) is 7.05 Å². The summed E-state index contributed by atoms with van der Waals surface area (Å²) in [6, 6.07) is 0. The van der Waals surface area contributed by atoms with Gasteiger partial charge in [-0.25, -0.2) is 4.79 Å². The van der Waals surface area contributed by atoms with Crippen LogP contribution in [0.25, 0.3) is 0 Å². The van der Waals surface area contributed by atoms with Gasteiger partial charge in [0.15, 0.2) is 0 Å². The Bertz CT molecular complexity index is 340. The maximum Gasteiger partial charge on any atom is 0.323 e. The zero-order valence-corrected chi connectivity index (χ0v) is 7.33. The predicted molar refractivity (Wildman–Crippen MR) is 47.4 cm³/mol. The molecule has 0 aliphatic heterocycles. The third-order valence-electron chi connectivity index (χ3n) is 1.64. The maximum absolute atomic E-state index is 11.4. The second kappa shape index (κ2) is 3.90. The molecule has 13 heavy (non-hydrogen) atoms. The van der Waals surface area contributed by atoms with Crippen molar-refractivity contribution in [3.63, 3.8) is 0 Å². The van der Waals surface area contributed by atoms with E-state index >= 15 is 0 Å². The van der Waals surface area contributed by atoms with Crippen molar-refractivity contribution in [1.29, 1.82) is 0 Å². The zero-order chi connectivity index (χ0) is 9.84. The van der Waals surface area contributed by atoms with E-state index < -0.39 is 0 Å². The van der Waals surface area contributed by atoms with Gasteiger partial charge >= 0.3 is 5.69 Å². The molecule has 1 amide bonds. The normalized spacial score (nSPS) is 10.0. The highest BCUT2D eigenvalue weighted by molar-refractivity contribution is 5.91. The first kappa shape index (κ1) is 9.53. The Hall–Kier alpha value is -1.56. The number of carbonyl (C=O) groups is 1. The molecule has 0 saturated heterocycles. The average Bonchev–Trinajstić information content (AvgIpc) is 2.51. The minimum Gasteiger partial charge on any atom is -0.339 e. The maximum atomic E-state index is 11.4. The molecule has 0 aromatic carbocycles. The first-order valence-corrected chi connectivity index (χ1v) is 3.88. The Morgan fingerprint density at radius 3 is 2.85 bits per heavy atom. The van der Waals surface area contributed by atoms with Gasteiger partial charge in [-0.3, -0.25) is 4.79 Å². The molecule has 0 radical (unpaired) electrons. The molecule has 0 aliphatic rings. The molecule has 6 heteroatoms. The number of hydrogen-bond acceptors (Lipinski definition) is 3. The SMILES string of the molecule is CN(CCN)C(=O)c1c[nH]c(=O)[nH]1. The summed E-state index contributed by atoms with van der Waals surface area (Å²) >= 11 is 0. The third-order valence-corrected chi connectivity index (χ3v) is 1.64. The van der Waals surface area contributed by atoms with E-state index in [0.717, 1.165) is 0 Å². The van der Waals surface area contributed by atoms with Crippen molar-refractivity contribution in [2.75, 3.05) is 20.1 Å². The Balaban J connectivity index is 2.73. The van der Waals surface area contributed by atoms with E-state index in [0.29, 0.717) is 13.1 Å². The molecule has 0 aliphatic carbocycles. The largest absolute Gasteiger partial charge is 0.339 e. The smallest absolute Gasteiger partial charge is 0.323 e. The summed E-state index contributed by atoms with van der Waals surface area (Å²) < 4.78 is 0. The molecular formula is C7H12N4O2. The molecule has 0 bridgehead atoms. The second-order valence-corrected chi connectivity index (χ2v) is 2.67. The molecule has 1 aromatic rings. The minimum absolute atomic E-state index is 0.246. The van der Waals surface area contributed by atoms with Crippen LogP contribution in [0, 0.1) is 0 Å². The number of hydrogen-bond donors (Lipinski definition) is 3. The van der Waals surface area contributed by atoms with Gasteiger partial charge in [0.1, 0.15) is 5.69 Å². The Kier molecular flexibility index (Phi) is 2.86. The summed E-state index contributed by atoms with van der Waals surface area (Å²) in [5.41, 5.74) is 5.14. The Morgan fingerprint density at radius 2 is 2.38 bits per heavy atom. The number of nitrogens with two attached hydrogens (primary N) is 1. The van der Waals surface area contributed by atoms with E-state index in [1.807, 2.05) is 0 Å². The number of nitrogens with zero attached hydrogens (tertiary/aromatic N) is 1. The highest BCUT2D eigenvalue weighted by atomic mass is 16.2. The molecule has 0 fully saturated rings. The summed E-state index contributed by atoms with van der Waals surface area (Å²) in [6.45, 7) is 0.864. The molecule has 1 rings (SSSR count). The van der Waals surface area contributed by atoms with Crippen molar-refractivity contribution in [3.05, 3.63) is 22.4 Å². The fourth-order valence-electron chi connectivity index (χ4n) is 0.948. The van der Waals surface area contributed by atoms with Crippen molar-refractivity contribution >= 4 is 5.91 Å². The van der Waals surface area contributed by atoms with Crippen LogP contribution in [-0.2, 0) is 0 Å². The number of amides is 1. The number of rotatable bonds is 3. The topological polar surface area (TPSA) is 95.0 Å². The van der Waals surface area contributed by atoms with E-state index in [9.17, 15) is 9.59 Å². The lowest BCUT2D eigenvalue weighted by Gasteiger charge is -2.13. The van der Waals surface area contributed by atoms with Crippen molar-refractivity contribution in [2.45, 2.75) is 0 Å². The predicted octanol–water partition coefficient (Wildman–Crippen LogP) is -1.27. The number of carbonyl (C=O) groups excluding carboxylic acids is 1. The van der Waals surface area contributed by atoms with Crippen LogP contribution >= 0.6 is 0 Å². The Morgan fingerprint density at radius 1 is 1.69 bits per heavy atom. The quantitative estimate of drug-likeness (QED) is 0.546. The number of H-pyrrole nitrogens is 2. The van der Waals surface area contributed by atoms with Crippen LogP contribution in [0.5, 0.6) is 0 Å². The van der Waals surface area contributed by atoms with Crippen molar-refractivity contribution in [2.24, 2.45) is 5.73 Å². The van der Waals surface area contributed by atoms with Gasteiger partial charge < -0.3 is 20.6 Å². The van der Waals surface area contributed by atoms with Crippen molar-refractivity contribution in [1.82, 2.24) is 14.9 Å². The van der Waals surface area contributed by atoms with E-state index in [2.05, 4.69) is 9.97 Å². The summed E-state index contributed by atoms with van der Waals surface area (Å²) in [7, 11) is 1.63. The van der Waals surface area contributed by atoms with Crippen molar-refractivity contribution < 1.29 is 4.79 Å². The van der Waals surface area contributed by atoms with Gasteiger partial charge in [-0.05, 0) is 0 Å². The first-order chi connectivity index (χ1) is 6.15. The summed E-state index contributed by atoms with van der Waals surface area (Å²) in [6.07, 6.45) is 1.34. The summed E-state index contributed by atoms with van der Waals surface area (Å²) in [4.78, 5) is 28.3. The number of aromatic amines is 2. The number of nitrogens with one attached hydrogen (secondary N) is 2. The van der Waals surface area contributed by atoms with Gasteiger partial charge in [0, 0.05) is 26.3 Å². The third kappa shape index (κ3) is 2.19. The van der Waals surface area contributed by atoms with Gasteiger partial charge in [0.25, 0.3) is 5.91 Å². The van der Waals surface area contributed by atoms with Crippen molar-refractivity contribution in [3.8, 4) is 0 Å². The van der Waals surface area contributed by atoms with Gasteiger partial charge in [0.05, 0.1) is 0 Å². The molecule has 1 aromatic heterocycles. The first-order valence-electron chi connectivity index (χ1n) is 3.88. The molecule has 4 N–H and O–H groups in total. The molecule has 0 unspecified atom stereocenters. The second-order valence-electron chi connectivity index (χ2n) is 2.67. The van der Waals surface area contributed by atoms with Crippen LogP contribution in [0.2, 0.25) is 0 Å². The van der Waals surface area contributed by atoms with Crippen LogP contribution in [-0.4, -0.2) is 40.9 Å². The fraction of sp³-hybridized carbons (Fsp3) is 0.429. The lowest BCUT2D eigenvalue weighted by molar-refractivity contribution is 0.0793. The van der Waals surface area contributed by atoms with Crippen LogP contribution in [0.4, 0.5) is 0 Å². The van der Waals surface area contributed by atoms with E-state index in [1.165, 1.54) is 11.1 Å². The number of imidazole rings is 1. The van der Waals surface area contributed by atoms with E-state index in [-0.39, 0.29) is 17.3 Å². The fourth-order valence-corrected chi connectivity index (χ4v) is 0.948. The molecule has 72 valence electrons. The van der Waals surface area contributed by atoms with Crippen LogP contribution in [0.15, 0.2) is 11.0 Å². The molecule has 6 nitrogen and oxygen atoms in total. The monoisotopic (exact) mass is 184 g/mol. The zero-order valence-electron chi connectivity index (χ0n) is 7.33. The number of likely N-dealkylation sites (N-methyl/N-ethyl adjacent to an activating group) is 1. The lowest BCUT2D eigenvalue weighted by Crippen LogP contribution is -2.32. The van der Waals surface area contributed by atoms with Gasteiger partial charge in [-0.2, -0.15) is 0 Å². The average molecular weight is 184 g/mol. The molecular weight excluding hydrogens is 172 g/mol. The van der Waals surface area contributed by atoms with Crippen LogP contribution < -0.4 is 11.4 Å². The van der Waals surface area contributed by atoms with Gasteiger partial charge in [-0.15, -0.1) is 0 Å².